The summed E-state index contributed by atoms with van der Waals surface area (Å²) in [4.78, 5) is 23.6. The Balaban J connectivity index is 1.60. The average Bonchev–Trinajstić information content (AvgIpc) is 2.61. The second kappa shape index (κ2) is 7.44. The highest BCUT2D eigenvalue weighted by Crippen LogP contribution is 2.24. The first-order valence-corrected chi connectivity index (χ1v) is 9.28. The number of piperidine rings is 1. The van der Waals surface area contributed by atoms with Crippen LogP contribution in [0.3, 0.4) is 0 Å². The molecule has 1 saturated heterocycles. The van der Waals surface area contributed by atoms with Crippen molar-refractivity contribution in [3.05, 3.63) is 42.2 Å². The van der Waals surface area contributed by atoms with E-state index in [0.717, 1.165) is 43.0 Å². The Morgan fingerprint density at radius 1 is 1.12 bits per heavy atom. The first-order chi connectivity index (χ1) is 12.3. The molecule has 1 aromatic heterocycles. The summed E-state index contributed by atoms with van der Waals surface area (Å²) in [6.07, 6.45) is 5.45. The molecule has 2 aromatic rings. The zero-order chi connectivity index (χ0) is 18.7. The Morgan fingerprint density at radius 2 is 1.77 bits per heavy atom. The molecule has 5 heteroatoms. The van der Waals surface area contributed by atoms with Gasteiger partial charge in [0.25, 0.3) is 0 Å². The van der Waals surface area contributed by atoms with Crippen LogP contribution in [0, 0.1) is 12.8 Å². The standard InChI is InChI=1S/C21H28N4O/c1-15-6-5-7-17(12-15)18-13-22-20(23-14-18)25-10-8-16(9-11-25)19(26)24-21(2,3)4/h5-7,12-14,16H,8-11H2,1-4H3,(H,24,26). The van der Waals surface area contributed by atoms with E-state index in [-0.39, 0.29) is 17.4 Å². The normalized spacial score (nSPS) is 15.8. The van der Waals surface area contributed by atoms with Crippen LogP contribution in [-0.4, -0.2) is 34.5 Å². The molecule has 1 fully saturated rings. The van der Waals surface area contributed by atoms with Gasteiger partial charge in [0, 0.05) is 42.5 Å². The van der Waals surface area contributed by atoms with Crippen LogP contribution in [0.4, 0.5) is 5.95 Å². The van der Waals surface area contributed by atoms with Gasteiger partial charge in [0.2, 0.25) is 11.9 Å². The van der Waals surface area contributed by atoms with E-state index < -0.39 is 0 Å². The van der Waals surface area contributed by atoms with Crippen molar-refractivity contribution in [2.24, 2.45) is 5.92 Å². The lowest BCUT2D eigenvalue weighted by molar-refractivity contribution is -0.127. The van der Waals surface area contributed by atoms with Crippen molar-refractivity contribution < 1.29 is 4.79 Å². The smallest absolute Gasteiger partial charge is 0.225 e. The molecule has 0 atom stereocenters. The number of hydrogen-bond acceptors (Lipinski definition) is 4. The van der Waals surface area contributed by atoms with E-state index in [1.807, 2.05) is 39.2 Å². The Bertz CT molecular complexity index is 756. The maximum atomic E-state index is 12.3. The highest BCUT2D eigenvalue weighted by molar-refractivity contribution is 5.79. The number of nitrogens with one attached hydrogen (secondary N) is 1. The molecular weight excluding hydrogens is 324 g/mol. The van der Waals surface area contributed by atoms with E-state index in [1.54, 1.807) is 0 Å². The van der Waals surface area contributed by atoms with Gasteiger partial charge in [0.15, 0.2) is 0 Å². The molecule has 3 rings (SSSR count). The van der Waals surface area contributed by atoms with Gasteiger partial charge >= 0.3 is 0 Å². The molecule has 0 saturated carbocycles. The quantitative estimate of drug-likeness (QED) is 0.917. The maximum Gasteiger partial charge on any atom is 0.225 e. The number of aromatic nitrogens is 2. The second-order valence-corrected chi connectivity index (χ2v) is 8.14. The van der Waals surface area contributed by atoms with E-state index in [4.69, 9.17) is 0 Å². The fourth-order valence-electron chi connectivity index (χ4n) is 3.27. The minimum atomic E-state index is -0.178. The fourth-order valence-corrected chi connectivity index (χ4v) is 3.27. The van der Waals surface area contributed by atoms with Crippen molar-refractivity contribution in [1.82, 2.24) is 15.3 Å². The van der Waals surface area contributed by atoms with Crippen LogP contribution in [0.2, 0.25) is 0 Å². The molecule has 1 aliphatic heterocycles. The van der Waals surface area contributed by atoms with E-state index in [9.17, 15) is 4.79 Å². The monoisotopic (exact) mass is 352 g/mol. The lowest BCUT2D eigenvalue weighted by Gasteiger charge is -2.33. The SMILES string of the molecule is Cc1cccc(-c2cnc(N3CCC(C(=O)NC(C)(C)C)CC3)nc2)c1. The summed E-state index contributed by atoms with van der Waals surface area (Å²) in [5, 5.41) is 3.08. The minimum Gasteiger partial charge on any atom is -0.351 e. The van der Waals surface area contributed by atoms with Crippen LogP contribution in [0.1, 0.15) is 39.2 Å². The molecule has 1 aromatic carbocycles. The number of carbonyl (C=O) groups excluding carboxylic acids is 1. The van der Waals surface area contributed by atoms with Gasteiger partial charge in [-0.3, -0.25) is 4.79 Å². The van der Waals surface area contributed by atoms with Gasteiger partial charge in [-0.25, -0.2) is 9.97 Å². The van der Waals surface area contributed by atoms with E-state index >= 15 is 0 Å². The van der Waals surface area contributed by atoms with Crippen LogP contribution >= 0.6 is 0 Å². The Hall–Kier alpha value is -2.43. The van der Waals surface area contributed by atoms with Gasteiger partial charge < -0.3 is 10.2 Å². The molecule has 2 heterocycles. The molecule has 1 N–H and O–H groups in total. The highest BCUT2D eigenvalue weighted by atomic mass is 16.2. The highest BCUT2D eigenvalue weighted by Gasteiger charge is 2.28. The van der Waals surface area contributed by atoms with Gasteiger partial charge in [0.1, 0.15) is 0 Å². The number of rotatable bonds is 3. The molecule has 26 heavy (non-hydrogen) atoms. The van der Waals surface area contributed by atoms with E-state index in [1.165, 1.54) is 5.56 Å². The van der Waals surface area contributed by atoms with Gasteiger partial charge in [-0.2, -0.15) is 0 Å². The van der Waals surface area contributed by atoms with Crippen LogP contribution in [0.5, 0.6) is 0 Å². The number of aryl methyl sites for hydroxylation is 1. The number of anilines is 1. The fraction of sp³-hybridized carbons (Fsp3) is 0.476. The molecule has 1 amide bonds. The van der Waals surface area contributed by atoms with E-state index in [2.05, 4.69) is 45.3 Å². The number of hydrogen-bond donors (Lipinski definition) is 1. The summed E-state index contributed by atoms with van der Waals surface area (Å²) >= 11 is 0. The molecule has 0 spiro atoms. The number of amides is 1. The third kappa shape index (κ3) is 4.59. The summed E-state index contributed by atoms with van der Waals surface area (Å²) in [5.41, 5.74) is 3.20. The largest absolute Gasteiger partial charge is 0.351 e. The molecule has 138 valence electrons. The Morgan fingerprint density at radius 3 is 2.35 bits per heavy atom. The molecule has 0 unspecified atom stereocenters. The molecule has 0 aliphatic carbocycles. The van der Waals surface area contributed by atoms with Crippen LogP contribution in [-0.2, 0) is 4.79 Å². The molecule has 0 bridgehead atoms. The zero-order valence-electron chi connectivity index (χ0n) is 16.1. The molecule has 0 radical (unpaired) electrons. The third-order valence-corrected chi connectivity index (χ3v) is 4.64. The van der Waals surface area contributed by atoms with Crippen molar-refractivity contribution in [3.8, 4) is 11.1 Å². The topological polar surface area (TPSA) is 58.1 Å². The first-order valence-electron chi connectivity index (χ1n) is 9.28. The van der Waals surface area contributed by atoms with Gasteiger partial charge in [0.05, 0.1) is 0 Å². The van der Waals surface area contributed by atoms with Crippen molar-refractivity contribution in [1.29, 1.82) is 0 Å². The molecule has 1 aliphatic rings. The lowest BCUT2D eigenvalue weighted by Crippen LogP contribution is -2.47. The zero-order valence-corrected chi connectivity index (χ0v) is 16.1. The predicted molar refractivity (Wildman–Crippen MR) is 105 cm³/mol. The second-order valence-electron chi connectivity index (χ2n) is 8.14. The summed E-state index contributed by atoms with van der Waals surface area (Å²) in [6.45, 7) is 9.76. The summed E-state index contributed by atoms with van der Waals surface area (Å²) in [5.74, 6) is 0.987. The Labute approximate surface area is 155 Å². The maximum absolute atomic E-state index is 12.3. The first kappa shape index (κ1) is 18.4. The lowest BCUT2D eigenvalue weighted by atomic mass is 9.94. The van der Waals surface area contributed by atoms with Crippen molar-refractivity contribution in [2.45, 2.75) is 46.1 Å². The van der Waals surface area contributed by atoms with Crippen molar-refractivity contribution >= 4 is 11.9 Å². The summed E-state index contributed by atoms with van der Waals surface area (Å²) in [6, 6.07) is 8.34. The summed E-state index contributed by atoms with van der Waals surface area (Å²) in [7, 11) is 0. The number of carbonyl (C=O) groups is 1. The molecular formula is C21H28N4O. The van der Waals surface area contributed by atoms with Crippen molar-refractivity contribution in [3.63, 3.8) is 0 Å². The van der Waals surface area contributed by atoms with Gasteiger partial charge in [-0.15, -0.1) is 0 Å². The third-order valence-electron chi connectivity index (χ3n) is 4.64. The minimum absolute atomic E-state index is 0.0806. The Kier molecular flexibility index (Phi) is 5.25. The predicted octanol–water partition coefficient (Wildman–Crippen LogP) is 3.58. The van der Waals surface area contributed by atoms with Gasteiger partial charge in [-0.05, 0) is 46.1 Å². The van der Waals surface area contributed by atoms with Crippen LogP contribution < -0.4 is 10.2 Å². The van der Waals surface area contributed by atoms with Crippen LogP contribution in [0.15, 0.2) is 36.7 Å². The summed E-state index contributed by atoms with van der Waals surface area (Å²) < 4.78 is 0. The van der Waals surface area contributed by atoms with E-state index in [0.29, 0.717) is 0 Å². The number of nitrogens with zero attached hydrogens (tertiary/aromatic N) is 3. The van der Waals surface area contributed by atoms with Crippen LogP contribution in [0.25, 0.3) is 11.1 Å². The average molecular weight is 352 g/mol. The number of benzene rings is 1. The molecule has 5 nitrogen and oxygen atoms in total. The van der Waals surface area contributed by atoms with Gasteiger partial charge in [-0.1, -0.05) is 29.8 Å². The van der Waals surface area contributed by atoms with Crippen molar-refractivity contribution in [2.75, 3.05) is 18.0 Å².